The van der Waals surface area contributed by atoms with Gasteiger partial charge < -0.3 is 4.90 Å². The molecule has 0 N–H and O–H groups in total. The standard InChI is InChI=1S/C12H23N/c1-3-10-6-7-12-11(9-10)5-4-8-13(12)2/h10-12H,3-9H2,1-2H3. The summed E-state index contributed by atoms with van der Waals surface area (Å²) in [5, 5.41) is 0. The third-order valence-corrected chi connectivity index (χ3v) is 4.28. The van der Waals surface area contributed by atoms with Gasteiger partial charge in [0.15, 0.2) is 0 Å². The number of hydrogen-bond acceptors (Lipinski definition) is 1. The fourth-order valence-electron chi connectivity index (χ4n) is 3.38. The van der Waals surface area contributed by atoms with Gasteiger partial charge in [-0.25, -0.2) is 0 Å². The highest BCUT2D eigenvalue weighted by Gasteiger charge is 2.34. The molecule has 2 fully saturated rings. The van der Waals surface area contributed by atoms with Crippen LogP contribution >= 0.6 is 0 Å². The Bertz CT molecular complexity index is 167. The summed E-state index contributed by atoms with van der Waals surface area (Å²) in [5.41, 5.74) is 0. The van der Waals surface area contributed by atoms with E-state index >= 15 is 0 Å². The minimum atomic E-state index is 0.941. The van der Waals surface area contributed by atoms with E-state index in [2.05, 4.69) is 18.9 Å². The zero-order chi connectivity index (χ0) is 9.26. The van der Waals surface area contributed by atoms with Crippen molar-refractivity contribution < 1.29 is 0 Å². The molecule has 1 saturated heterocycles. The minimum Gasteiger partial charge on any atom is -0.303 e. The van der Waals surface area contributed by atoms with Crippen molar-refractivity contribution in [2.75, 3.05) is 13.6 Å². The predicted molar refractivity (Wildman–Crippen MR) is 56.8 cm³/mol. The molecule has 3 atom stereocenters. The summed E-state index contributed by atoms with van der Waals surface area (Å²) in [7, 11) is 2.32. The highest BCUT2D eigenvalue weighted by Crippen LogP contribution is 2.38. The van der Waals surface area contributed by atoms with Crippen LogP contribution in [0.2, 0.25) is 0 Å². The van der Waals surface area contributed by atoms with Crippen molar-refractivity contribution in [1.29, 1.82) is 0 Å². The summed E-state index contributed by atoms with van der Waals surface area (Å²) in [6.45, 7) is 3.70. The second-order valence-electron chi connectivity index (χ2n) is 5.04. The maximum absolute atomic E-state index is 2.61. The van der Waals surface area contributed by atoms with Crippen molar-refractivity contribution >= 4 is 0 Å². The van der Waals surface area contributed by atoms with Crippen molar-refractivity contribution in [3.05, 3.63) is 0 Å². The normalized spacial score (nSPS) is 41.5. The molecule has 0 aromatic rings. The molecule has 76 valence electrons. The number of nitrogens with zero attached hydrogens (tertiary/aromatic N) is 1. The van der Waals surface area contributed by atoms with Crippen molar-refractivity contribution in [1.82, 2.24) is 4.90 Å². The van der Waals surface area contributed by atoms with Crippen LogP contribution in [-0.4, -0.2) is 24.5 Å². The van der Waals surface area contributed by atoms with Crippen molar-refractivity contribution in [2.24, 2.45) is 11.8 Å². The summed E-state index contributed by atoms with van der Waals surface area (Å²) >= 11 is 0. The maximum Gasteiger partial charge on any atom is 0.0121 e. The third kappa shape index (κ3) is 1.90. The lowest BCUT2D eigenvalue weighted by atomic mass is 9.73. The summed E-state index contributed by atoms with van der Waals surface area (Å²) in [5.74, 6) is 2.09. The largest absolute Gasteiger partial charge is 0.303 e. The van der Waals surface area contributed by atoms with Gasteiger partial charge >= 0.3 is 0 Å². The van der Waals surface area contributed by atoms with Crippen LogP contribution in [-0.2, 0) is 0 Å². The van der Waals surface area contributed by atoms with Crippen molar-refractivity contribution in [2.45, 2.75) is 51.5 Å². The van der Waals surface area contributed by atoms with Crippen LogP contribution < -0.4 is 0 Å². The van der Waals surface area contributed by atoms with E-state index < -0.39 is 0 Å². The Morgan fingerprint density at radius 2 is 2.08 bits per heavy atom. The topological polar surface area (TPSA) is 3.24 Å². The van der Waals surface area contributed by atoms with Gasteiger partial charge in [0.25, 0.3) is 0 Å². The summed E-state index contributed by atoms with van der Waals surface area (Å²) in [6, 6.07) is 0.941. The molecular formula is C12H23N. The van der Waals surface area contributed by atoms with Crippen molar-refractivity contribution in [3.8, 4) is 0 Å². The van der Waals surface area contributed by atoms with Gasteiger partial charge in [-0.15, -0.1) is 0 Å². The van der Waals surface area contributed by atoms with Crippen LogP contribution in [0.3, 0.4) is 0 Å². The average molecular weight is 181 g/mol. The van der Waals surface area contributed by atoms with E-state index in [1.54, 1.807) is 0 Å². The van der Waals surface area contributed by atoms with E-state index in [1.807, 2.05) is 0 Å². The molecule has 0 aromatic heterocycles. The molecule has 13 heavy (non-hydrogen) atoms. The number of fused-ring (bicyclic) bond motifs is 1. The first kappa shape index (κ1) is 9.51. The average Bonchev–Trinajstić information content (AvgIpc) is 2.18. The van der Waals surface area contributed by atoms with E-state index in [0.717, 1.165) is 17.9 Å². The van der Waals surface area contributed by atoms with E-state index in [0.29, 0.717) is 0 Å². The van der Waals surface area contributed by atoms with Crippen LogP contribution in [0.25, 0.3) is 0 Å². The molecule has 1 saturated carbocycles. The molecule has 0 amide bonds. The highest BCUT2D eigenvalue weighted by atomic mass is 15.1. The second-order valence-corrected chi connectivity index (χ2v) is 5.04. The van der Waals surface area contributed by atoms with E-state index in [-0.39, 0.29) is 0 Å². The fourth-order valence-corrected chi connectivity index (χ4v) is 3.38. The summed E-state index contributed by atoms with van der Waals surface area (Å²) in [4.78, 5) is 2.61. The van der Waals surface area contributed by atoms with Crippen LogP contribution in [0.1, 0.15) is 45.4 Å². The maximum atomic E-state index is 2.61. The number of rotatable bonds is 1. The fraction of sp³-hybridized carbons (Fsp3) is 1.00. The Labute approximate surface area is 82.5 Å². The number of hydrogen-bond donors (Lipinski definition) is 0. The predicted octanol–water partition coefficient (Wildman–Crippen LogP) is 2.91. The van der Waals surface area contributed by atoms with Gasteiger partial charge in [0.1, 0.15) is 0 Å². The van der Waals surface area contributed by atoms with Crippen molar-refractivity contribution in [3.63, 3.8) is 0 Å². The molecule has 2 aliphatic rings. The van der Waals surface area contributed by atoms with Crippen LogP contribution in [0.4, 0.5) is 0 Å². The smallest absolute Gasteiger partial charge is 0.0121 e. The van der Waals surface area contributed by atoms with Gasteiger partial charge in [0.05, 0.1) is 0 Å². The zero-order valence-corrected chi connectivity index (χ0v) is 9.13. The Hall–Kier alpha value is -0.0400. The minimum absolute atomic E-state index is 0.941. The third-order valence-electron chi connectivity index (χ3n) is 4.28. The molecule has 0 bridgehead atoms. The SMILES string of the molecule is CCC1CCC2C(CCCN2C)C1. The molecule has 1 heteroatoms. The first-order valence-electron chi connectivity index (χ1n) is 6.01. The summed E-state index contributed by atoms with van der Waals surface area (Å²) < 4.78 is 0. The van der Waals surface area contributed by atoms with Crippen LogP contribution in [0.5, 0.6) is 0 Å². The van der Waals surface area contributed by atoms with E-state index in [9.17, 15) is 0 Å². The van der Waals surface area contributed by atoms with Gasteiger partial charge in [-0.3, -0.25) is 0 Å². The first-order valence-corrected chi connectivity index (χ1v) is 6.01. The molecule has 2 rings (SSSR count). The molecular weight excluding hydrogens is 158 g/mol. The Morgan fingerprint density at radius 3 is 2.85 bits per heavy atom. The Morgan fingerprint density at radius 1 is 1.23 bits per heavy atom. The summed E-state index contributed by atoms with van der Waals surface area (Å²) in [6.07, 6.45) is 8.83. The number of likely N-dealkylation sites (tertiary alicyclic amines) is 1. The Balaban J connectivity index is 1.95. The highest BCUT2D eigenvalue weighted by molar-refractivity contribution is 4.88. The second kappa shape index (κ2) is 4.00. The lowest BCUT2D eigenvalue weighted by molar-refractivity contribution is 0.0607. The molecule has 1 nitrogen and oxygen atoms in total. The molecule has 0 radical (unpaired) electrons. The lowest BCUT2D eigenvalue weighted by Crippen LogP contribution is -2.45. The van der Waals surface area contributed by atoms with Gasteiger partial charge in [-0.05, 0) is 57.5 Å². The number of piperidine rings is 1. The van der Waals surface area contributed by atoms with Gasteiger partial charge in [-0.1, -0.05) is 13.3 Å². The quantitative estimate of drug-likeness (QED) is 0.601. The molecule has 1 heterocycles. The van der Waals surface area contributed by atoms with Crippen LogP contribution in [0, 0.1) is 11.8 Å². The zero-order valence-electron chi connectivity index (χ0n) is 9.13. The molecule has 0 aromatic carbocycles. The Kier molecular flexibility index (Phi) is 2.92. The first-order chi connectivity index (χ1) is 6.31. The van der Waals surface area contributed by atoms with E-state index in [4.69, 9.17) is 0 Å². The van der Waals surface area contributed by atoms with Gasteiger partial charge in [0.2, 0.25) is 0 Å². The van der Waals surface area contributed by atoms with Gasteiger partial charge in [-0.2, -0.15) is 0 Å². The monoisotopic (exact) mass is 181 g/mol. The molecule has 1 aliphatic heterocycles. The van der Waals surface area contributed by atoms with Gasteiger partial charge in [0, 0.05) is 6.04 Å². The molecule has 0 spiro atoms. The molecule has 3 unspecified atom stereocenters. The van der Waals surface area contributed by atoms with E-state index in [1.165, 1.54) is 45.1 Å². The lowest BCUT2D eigenvalue weighted by Gasteiger charge is -2.44. The van der Waals surface area contributed by atoms with Crippen LogP contribution in [0.15, 0.2) is 0 Å². The molecule has 1 aliphatic carbocycles.